The van der Waals surface area contributed by atoms with Gasteiger partial charge in [0.05, 0.1) is 0 Å². The zero-order valence-corrected chi connectivity index (χ0v) is 31.7. The van der Waals surface area contributed by atoms with Crippen LogP contribution in [0, 0.1) is 0 Å². The van der Waals surface area contributed by atoms with Crippen molar-refractivity contribution in [1.29, 1.82) is 0 Å². The van der Waals surface area contributed by atoms with E-state index in [2.05, 4.69) is 84.9 Å². The highest BCUT2D eigenvalue weighted by Gasteiger charge is 2.21. The monoisotopic (exact) mass is 765 g/mol. The van der Waals surface area contributed by atoms with Gasteiger partial charge in [-0.15, -0.1) is 22.7 Å². The lowest BCUT2D eigenvalue weighted by molar-refractivity contribution is 0.667. The lowest BCUT2D eigenvalue weighted by Gasteiger charge is -2.10. The maximum atomic E-state index is 6.58. The number of para-hydroxylation sites is 1. The molecule has 0 bridgehead atoms. The SMILES string of the molecule is c1ccc(-c2nc(-c3ccccc3)nc(-c3cccc4sc5ccc(-c6nc(-c7ccc8c(c7)sc7ccccc78)nc7c6oc6ccccc67)cc5c34)n2)cc1. The van der Waals surface area contributed by atoms with E-state index in [1.54, 1.807) is 22.7 Å². The summed E-state index contributed by atoms with van der Waals surface area (Å²) in [6.07, 6.45) is 0. The molecule has 12 aromatic rings. The topological polar surface area (TPSA) is 77.6 Å². The Labute approximate surface area is 333 Å². The average molecular weight is 766 g/mol. The van der Waals surface area contributed by atoms with Crippen LogP contribution < -0.4 is 0 Å². The standard InChI is InChI=1S/C49H27N5OS2/c1-3-12-28(13-4-1)46-52-47(29-14-5-2-6-15-29)54-49(53-46)35-18-11-21-40-42(35)36-26-30(23-25-39(36)56-40)43-45-44(34-17-7-9-19-37(34)55-45)51-48(50-43)31-22-24-33-32-16-8-10-20-38(32)57-41(33)27-31/h1-27H. The van der Waals surface area contributed by atoms with Gasteiger partial charge < -0.3 is 4.42 Å². The Morgan fingerprint density at radius 3 is 1.79 bits per heavy atom. The fourth-order valence-electron chi connectivity index (χ4n) is 7.87. The minimum Gasteiger partial charge on any atom is -0.452 e. The second-order valence-corrected chi connectivity index (χ2v) is 16.2. The predicted molar refractivity (Wildman–Crippen MR) is 236 cm³/mol. The fraction of sp³-hybridized carbons (Fsp3) is 0. The van der Waals surface area contributed by atoms with Crippen molar-refractivity contribution in [3.63, 3.8) is 0 Å². The molecule has 5 aromatic heterocycles. The highest BCUT2D eigenvalue weighted by atomic mass is 32.1. The third-order valence-corrected chi connectivity index (χ3v) is 12.8. The summed E-state index contributed by atoms with van der Waals surface area (Å²) in [5.41, 5.74) is 7.71. The fourth-order valence-corrected chi connectivity index (χ4v) is 10.1. The molecule has 0 aliphatic heterocycles. The van der Waals surface area contributed by atoms with Crippen LogP contribution >= 0.6 is 22.7 Å². The van der Waals surface area contributed by atoms with Crippen LogP contribution in [0.5, 0.6) is 0 Å². The molecule has 0 fully saturated rings. The molecule has 0 amide bonds. The lowest BCUT2D eigenvalue weighted by atomic mass is 10.0. The van der Waals surface area contributed by atoms with Crippen LogP contribution in [0.1, 0.15) is 0 Å². The van der Waals surface area contributed by atoms with Gasteiger partial charge in [0.1, 0.15) is 16.8 Å². The Balaban J connectivity index is 1.08. The molecule has 0 atom stereocenters. The summed E-state index contributed by atoms with van der Waals surface area (Å²) in [5.74, 6) is 2.54. The van der Waals surface area contributed by atoms with Gasteiger partial charge in [-0.2, -0.15) is 0 Å². The van der Waals surface area contributed by atoms with Crippen molar-refractivity contribution in [2.75, 3.05) is 0 Å². The first-order valence-corrected chi connectivity index (χ1v) is 20.3. The zero-order chi connectivity index (χ0) is 37.5. The van der Waals surface area contributed by atoms with E-state index in [1.807, 2.05) is 78.9 Å². The van der Waals surface area contributed by atoms with Crippen LogP contribution in [0.15, 0.2) is 168 Å². The van der Waals surface area contributed by atoms with E-state index in [0.717, 1.165) is 70.2 Å². The van der Waals surface area contributed by atoms with Gasteiger partial charge in [0.15, 0.2) is 28.9 Å². The van der Waals surface area contributed by atoms with E-state index in [1.165, 1.54) is 20.2 Å². The number of aromatic nitrogens is 5. The van der Waals surface area contributed by atoms with Crippen molar-refractivity contribution >= 4 is 85.1 Å². The number of rotatable bonds is 5. The van der Waals surface area contributed by atoms with Crippen LogP contribution in [0.25, 0.3) is 119 Å². The van der Waals surface area contributed by atoms with Crippen LogP contribution in [0.3, 0.4) is 0 Å². The molecule has 8 heteroatoms. The quantitative estimate of drug-likeness (QED) is 0.174. The molecule has 6 nitrogen and oxygen atoms in total. The van der Waals surface area contributed by atoms with Gasteiger partial charge in [-0.1, -0.05) is 121 Å². The van der Waals surface area contributed by atoms with Gasteiger partial charge in [-0.25, -0.2) is 24.9 Å². The predicted octanol–water partition coefficient (Wildman–Crippen LogP) is 13.6. The largest absolute Gasteiger partial charge is 0.452 e. The van der Waals surface area contributed by atoms with Crippen molar-refractivity contribution < 1.29 is 4.42 Å². The molecule has 0 unspecified atom stereocenters. The Morgan fingerprint density at radius 2 is 0.982 bits per heavy atom. The van der Waals surface area contributed by atoms with E-state index < -0.39 is 0 Å². The maximum absolute atomic E-state index is 6.58. The lowest BCUT2D eigenvalue weighted by Crippen LogP contribution is -2.00. The third-order valence-electron chi connectivity index (χ3n) is 10.6. The van der Waals surface area contributed by atoms with Gasteiger partial charge in [-0.3, -0.25) is 0 Å². The van der Waals surface area contributed by atoms with E-state index in [0.29, 0.717) is 28.9 Å². The number of nitrogens with zero attached hydrogens (tertiary/aromatic N) is 5. The Kier molecular flexibility index (Phi) is 7.17. The van der Waals surface area contributed by atoms with Gasteiger partial charge in [0.2, 0.25) is 0 Å². The van der Waals surface area contributed by atoms with Crippen molar-refractivity contribution in [3.05, 3.63) is 164 Å². The summed E-state index contributed by atoms with van der Waals surface area (Å²) in [4.78, 5) is 25.7. The van der Waals surface area contributed by atoms with E-state index in [4.69, 9.17) is 29.3 Å². The van der Waals surface area contributed by atoms with Gasteiger partial charge in [0.25, 0.3) is 0 Å². The first-order valence-electron chi connectivity index (χ1n) is 18.7. The van der Waals surface area contributed by atoms with Crippen molar-refractivity contribution in [2.45, 2.75) is 0 Å². The van der Waals surface area contributed by atoms with Crippen molar-refractivity contribution in [3.8, 4) is 56.8 Å². The van der Waals surface area contributed by atoms with Crippen LogP contribution in [-0.2, 0) is 0 Å². The minimum absolute atomic E-state index is 0.624. The Bertz CT molecular complexity index is 3480. The summed E-state index contributed by atoms with van der Waals surface area (Å²) in [6, 6.07) is 56.3. The molecule has 0 saturated heterocycles. The summed E-state index contributed by atoms with van der Waals surface area (Å²) >= 11 is 3.55. The molecule has 12 rings (SSSR count). The van der Waals surface area contributed by atoms with Gasteiger partial charge in [-0.05, 0) is 42.5 Å². The molecule has 5 heterocycles. The maximum Gasteiger partial charge on any atom is 0.180 e. The van der Waals surface area contributed by atoms with Crippen molar-refractivity contribution in [1.82, 2.24) is 24.9 Å². The minimum atomic E-state index is 0.624. The van der Waals surface area contributed by atoms with Crippen LogP contribution in [-0.4, -0.2) is 24.9 Å². The molecule has 7 aromatic carbocycles. The summed E-state index contributed by atoms with van der Waals surface area (Å²) in [5, 5.41) is 5.66. The summed E-state index contributed by atoms with van der Waals surface area (Å²) in [7, 11) is 0. The number of hydrogen-bond donors (Lipinski definition) is 0. The average Bonchev–Trinajstić information content (AvgIpc) is 3.97. The van der Waals surface area contributed by atoms with E-state index in [-0.39, 0.29) is 0 Å². The van der Waals surface area contributed by atoms with Gasteiger partial charge in [0, 0.05) is 73.5 Å². The number of benzene rings is 7. The number of furan rings is 1. The third kappa shape index (κ3) is 5.26. The zero-order valence-electron chi connectivity index (χ0n) is 30.0. The molecule has 0 spiro atoms. The van der Waals surface area contributed by atoms with Gasteiger partial charge >= 0.3 is 0 Å². The van der Waals surface area contributed by atoms with Crippen molar-refractivity contribution in [2.24, 2.45) is 0 Å². The first-order chi connectivity index (χ1) is 28.2. The smallest absolute Gasteiger partial charge is 0.180 e. The molecule has 266 valence electrons. The van der Waals surface area contributed by atoms with E-state index in [9.17, 15) is 0 Å². The highest BCUT2D eigenvalue weighted by molar-refractivity contribution is 7.26. The normalized spacial score (nSPS) is 11.9. The second kappa shape index (κ2) is 12.7. The number of thiophene rings is 2. The molecule has 0 radical (unpaired) electrons. The second-order valence-electron chi connectivity index (χ2n) is 14.0. The summed E-state index contributed by atoms with van der Waals surface area (Å²) in [6.45, 7) is 0. The number of hydrogen-bond acceptors (Lipinski definition) is 8. The highest BCUT2D eigenvalue weighted by Crippen LogP contribution is 2.43. The molecule has 0 aliphatic rings. The first kappa shape index (κ1) is 32.1. The van der Waals surface area contributed by atoms with E-state index >= 15 is 0 Å². The Morgan fingerprint density at radius 1 is 0.368 bits per heavy atom. The molecular weight excluding hydrogens is 739 g/mol. The molecular formula is C49H27N5OS2. The number of fused-ring (bicyclic) bond motifs is 9. The molecule has 0 saturated carbocycles. The molecule has 57 heavy (non-hydrogen) atoms. The molecule has 0 aliphatic carbocycles. The summed E-state index contributed by atoms with van der Waals surface area (Å²) < 4.78 is 11.4. The Hall–Kier alpha value is -7.13. The van der Waals surface area contributed by atoms with Crippen LogP contribution in [0.4, 0.5) is 0 Å². The molecule has 0 N–H and O–H groups in total. The van der Waals surface area contributed by atoms with Crippen LogP contribution in [0.2, 0.25) is 0 Å².